The third kappa shape index (κ3) is 7.42. The minimum atomic E-state index is 0.239. The predicted octanol–water partition coefficient (Wildman–Crippen LogP) is 0.933. The molecule has 1 rings (SSSR count). The predicted molar refractivity (Wildman–Crippen MR) is 91.5 cm³/mol. The van der Waals surface area contributed by atoms with E-state index in [2.05, 4.69) is 41.3 Å². The molecule has 1 saturated heterocycles. The number of aliphatic imine (C=N–C) groups is 1. The normalized spacial score (nSPS) is 20.0. The highest BCUT2D eigenvalue weighted by molar-refractivity contribution is 5.79. The minimum Gasteiger partial charge on any atom is -0.383 e. The van der Waals surface area contributed by atoms with Gasteiger partial charge in [0.1, 0.15) is 0 Å². The van der Waals surface area contributed by atoms with E-state index in [-0.39, 0.29) is 6.04 Å². The summed E-state index contributed by atoms with van der Waals surface area (Å²) < 4.78 is 10.6. The molecule has 0 bridgehead atoms. The van der Waals surface area contributed by atoms with Crippen molar-refractivity contribution >= 4 is 5.96 Å². The largest absolute Gasteiger partial charge is 0.383 e. The number of hydrogen-bond acceptors (Lipinski definition) is 4. The Labute approximate surface area is 135 Å². The van der Waals surface area contributed by atoms with Crippen molar-refractivity contribution in [2.24, 2.45) is 10.9 Å². The summed E-state index contributed by atoms with van der Waals surface area (Å²) in [6.07, 6.45) is 1.18. The molecule has 0 aliphatic carbocycles. The highest BCUT2D eigenvalue weighted by Gasteiger charge is 2.22. The molecule has 0 aromatic carbocycles. The lowest BCUT2D eigenvalue weighted by Gasteiger charge is -2.36. The van der Waals surface area contributed by atoms with Gasteiger partial charge in [0.05, 0.1) is 19.8 Å². The fourth-order valence-electron chi connectivity index (χ4n) is 2.78. The summed E-state index contributed by atoms with van der Waals surface area (Å²) in [6.45, 7) is 11.9. The molecule has 1 fully saturated rings. The Morgan fingerprint density at radius 1 is 1.27 bits per heavy atom. The van der Waals surface area contributed by atoms with Gasteiger partial charge in [-0.05, 0) is 19.3 Å². The molecule has 1 heterocycles. The highest BCUT2D eigenvalue weighted by atomic mass is 16.5. The van der Waals surface area contributed by atoms with E-state index < -0.39 is 0 Å². The van der Waals surface area contributed by atoms with Crippen LogP contribution in [0.1, 0.15) is 27.2 Å². The lowest BCUT2D eigenvalue weighted by Crippen LogP contribution is -2.52. The van der Waals surface area contributed by atoms with Crippen molar-refractivity contribution in [3.05, 3.63) is 0 Å². The number of methoxy groups -OCH3 is 1. The highest BCUT2D eigenvalue weighted by Crippen LogP contribution is 2.12. The van der Waals surface area contributed by atoms with Gasteiger partial charge in [0.15, 0.2) is 5.96 Å². The third-order valence-corrected chi connectivity index (χ3v) is 3.83. The summed E-state index contributed by atoms with van der Waals surface area (Å²) in [6, 6.07) is 0.753. The third-order valence-electron chi connectivity index (χ3n) is 3.83. The molecular weight excluding hydrogens is 280 g/mol. The van der Waals surface area contributed by atoms with Crippen LogP contribution in [0.25, 0.3) is 0 Å². The molecule has 6 nitrogen and oxygen atoms in total. The van der Waals surface area contributed by atoms with E-state index in [0.717, 1.165) is 38.8 Å². The van der Waals surface area contributed by atoms with Gasteiger partial charge in [-0.1, -0.05) is 13.8 Å². The van der Waals surface area contributed by atoms with Gasteiger partial charge in [0, 0.05) is 45.9 Å². The zero-order valence-electron chi connectivity index (χ0n) is 14.9. The van der Waals surface area contributed by atoms with Crippen molar-refractivity contribution in [2.45, 2.75) is 39.3 Å². The summed E-state index contributed by atoms with van der Waals surface area (Å²) in [5.74, 6) is 1.52. The number of ether oxygens (including phenoxy) is 2. The molecule has 22 heavy (non-hydrogen) atoms. The SMILES string of the molecule is CN=C(NCC(CC(C)C)N1CCOCC1)NC(C)COC. The average molecular weight is 314 g/mol. The van der Waals surface area contributed by atoms with E-state index in [1.165, 1.54) is 6.42 Å². The molecule has 6 heteroatoms. The number of hydrogen-bond donors (Lipinski definition) is 2. The van der Waals surface area contributed by atoms with Gasteiger partial charge >= 0.3 is 0 Å². The van der Waals surface area contributed by atoms with Crippen LogP contribution < -0.4 is 10.6 Å². The standard InChI is InChI=1S/C16H34N4O2/c1-13(2)10-15(20-6-8-22-9-7-20)11-18-16(17-4)19-14(3)12-21-5/h13-15H,6-12H2,1-5H3,(H2,17,18,19). The van der Waals surface area contributed by atoms with Crippen molar-refractivity contribution in [1.29, 1.82) is 0 Å². The Kier molecular flexibility index (Phi) is 9.43. The number of guanidine groups is 1. The van der Waals surface area contributed by atoms with Gasteiger partial charge in [-0.3, -0.25) is 9.89 Å². The second-order valence-corrected chi connectivity index (χ2v) is 6.39. The average Bonchev–Trinajstić information content (AvgIpc) is 2.50. The Hall–Kier alpha value is -0.850. The molecule has 1 aliphatic heterocycles. The maximum atomic E-state index is 5.47. The van der Waals surface area contributed by atoms with E-state index >= 15 is 0 Å². The van der Waals surface area contributed by atoms with Crippen molar-refractivity contribution in [2.75, 3.05) is 53.6 Å². The van der Waals surface area contributed by atoms with Gasteiger partial charge in [0.2, 0.25) is 0 Å². The number of morpholine rings is 1. The maximum absolute atomic E-state index is 5.47. The topological polar surface area (TPSA) is 58.1 Å². The monoisotopic (exact) mass is 314 g/mol. The Balaban J connectivity index is 2.49. The molecule has 0 aromatic heterocycles. The zero-order valence-corrected chi connectivity index (χ0v) is 14.9. The van der Waals surface area contributed by atoms with Gasteiger partial charge in [-0.15, -0.1) is 0 Å². The summed E-state index contributed by atoms with van der Waals surface area (Å²) in [4.78, 5) is 6.83. The van der Waals surface area contributed by atoms with Gasteiger partial charge in [-0.25, -0.2) is 0 Å². The van der Waals surface area contributed by atoms with E-state index in [0.29, 0.717) is 18.6 Å². The van der Waals surface area contributed by atoms with Crippen molar-refractivity contribution < 1.29 is 9.47 Å². The molecule has 2 atom stereocenters. The van der Waals surface area contributed by atoms with Crippen LogP contribution in [0.3, 0.4) is 0 Å². The van der Waals surface area contributed by atoms with Crippen molar-refractivity contribution in [1.82, 2.24) is 15.5 Å². The Morgan fingerprint density at radius 2 is 1.95 bits per heavy atom. The van der Waals surface area contributed by atoms with Crippen molar-refractivity contribution in [3.8, 4) is 0 Å². The Morgan fingerprint density at radius 3 is 2.50 bits per heavy atom. The number of nitrogens with one attached hydrogen (secondary N) is 2. The first-order chi connectivity index (χ1) is 10.6. The smallest absolute Gasteiger partial charge is 0.191 e. The van der Waals surface area contributed by atoms with E-state index in [1.54, 1.807) is 14.2 Å². The van der Waals surface area contributed by atoms with Crippen LogP contribution in [-0.2, 0) is 9.47 Å². The van der Waals surface area contributed by atoms with Crippen LogP contribution in [0.2, 0.25) is 0 Å². The van der Waals surface area contributed by atoms with E-state index in [1.807, 2.05) is 0 Å². The molecule has 0 aromatic rings. The van der Waals surface area contributed by atoms with E-state index in [4.69, 9.17) is 9.47 Å². The van der Waals surface area contributed by atoms with Gasteiger partial charge in [0.25, 0.3) is 0 Å². The van der Waals surface area contributed by atoms with E-state index in [9.17, 15) is 0 Å². The quantitative estimate of drug-likeness (QED) is 0.516. The molecule has 2 N–H and O–H groups in total. The molecule has 0 saturated carbocycles. The number of nitrogens with zero attached hydrogens (tertiary/aromatic N) is 2. The zero-order chi connectivity index (χ0) is 16.4. The first kappa shape index (κ1) is 19.2. The molecule has 2 unspecified atom stereocenters. The molecular formula is C16H34N4O2. The summed E-state index contributed by atoms with van der Waals surface area (Å²) >= 11 is 0. The molecule has 0 radical (unpaired) electrons. The fraction of sp³-hybridized carbons (Fsp3) is 0.938. The lowest BCUT2D eigenvalue weighted by molar-refractivity contribution is 0.0132. The van der Waals surface area contributed by atoms with Gasteiger partial charge in [-0.2, -0.15) is 0 Å². The van der Waals surface area contributed by atoms with Crippen LogP contribution in [0.5, 0.6) is 0 Å². The van der Waals surface area contributed by atoms with Crippen LogP contribution in [0.15, 0.2) is 4.99 Å². The van der Waals surface area contributed by atoms with Crippen molar-refractivity contribution in [3.63, 3.8) is 0 Å². The molecule has 0 spiro atoms. The fourth-order valence-corrected chi connectivity index (χ4v) is 2.78. The first-order valence-electron chi connectivity index (χ1n) is 8.34. The maximum Gasteiger partial charge on any atom is 0.191 e. The molecule has 1 aliphatic rings. The first-order valence-corrected chi connectivity index (χ1v) is 8.34. The summed E-state index contributed by atoms with van der Waals surface area (Å²) in [5, 5.41) is 6.81. The summed E-state index contributed by atoms with van der Waals surface area (Å²) in [5.41, 5.74) is 0. The van der Waals surface area contributed by atoms with Crippen LogP contribution in [0.4, 0.5) is 0 Å². The molecule has 0 amide bonds. The lowest BCUT2D eigenvalue weighted by atomic mass is 10.0. The minimum absolute atomic E-state index is 0.239. The van der Waals surface area contributed by atoms with Crippen LogP contribution in [-0.4, -0.2) is 76.6 Å². The second kappa shape index (κ2) is 10.8. The number of rotatable bonds is 8. The van der Waals surface area contributed by atoms with Gasteiger partial charge < -0.3 is 20.1 Å². The summed E-state index contributed by atoms with van der Waals surface area (Å²) in [7, 11) is 3.52. The second-order valence-electron chi connectivity index (χ2n) is 6.39. The van der Waals surface area contributed by atoms with Crippen LogP contribution in [0, 0.1) is 5.92 Å². The van der Waals surface area contributed by atoms with Crippen LogP contribution >= 0.6 is 0 Å². The molecule has 130 valence electrons. The Bertz CT molecular complexity index is 317.